The Bertz CT molecular complexity index is 1550. The van der Waals surface area contributed by atoms with Gasteiger partial charge in [-0.3, -0.25) is 29.6 Å². The minimum Gasteiger partial charge on any atom is -0.479 e. The number of rotatable bonds is 6. The summed E-state index contributed by atoms with van der Waals surface area (Å²) in [5, 5.41) is 2.30. The van der Waals surface area contributed by atoms with E-state index >= 15 is 0 Å². The van der Waals surface area contributed by atoms with Crippen molar-refractivity contribution in [2.45, 2.75) is 64.0 Å². The Hall–Kier alpha value is -4.06. The highest BCUT2D eigenvalue weighted by Gasteiger charge is 2.40. The molecule has 3 amide bonds. The first kappa shape index (κ1) is 27.1. The molecule has 9 nitrogen and oxygen atoms in total. The molecule has 3 aliphatic rings. The summed E-state index contributed by atoms with van der Waals surface area (Å²) in [6.45, 7) is 3.54. The lowest BCUT2D eigenvalue weighted by molar-refractivity contribution is -0.189. The summed E-state index contributed by atoms with van der Waals surface area (Å²) in [6, 6.07) is 7.79. The van der Waals surface area contributed by atoms with Gasteiger partial charge in [0, 0.05) is 42.9 Å². The summed E-state index contributed by atoms with van der Waals surface area (Å²) in [7, 11) is 0. The molecule has 41 heavy (non-hydrogen) atoms. The number of benzene rings is 1. The van der Waals surface area contributed by atoms with Gasteiger partial charge >= 0.3 is 6.18 Å². The van der Waals surface area contributed by atoms with E-state index in [1.54, 1.807) is 12.1 Å². The molecule has 2 fully saturated rings. The van der Waals surface area contributed by atoms with Gasteiger partial charge < -0.3 is 9.64 Å². The molecule has 2 aromatic heterocycles. The Morgan fingerprint density at radius 3 is 2.61 bits per heavy atom. The summed E-state index contributed by atoms with van der Waals surface area (Å²) in [4.78, 5) is 50.1. The zero-order chi connectivity index (χ0) is 28.9. The SMILES string of the molecule is CC(Oc1ccnc2c(CN3CCCC3)cc(-c3ccc4c(c3)CN(C3CCC(=O)NC3=O)C4=O)nc12)C(F)(F)F. The molecule has 5 heterocycles. The quantitative estimate of drug-likeness (QED) is 0.450. The highest BCUT2D eigenvalue weighted by atomic mass is 19.4. The molecule has 2 atom stereocenters. The second-order valence-electron chi connectivity index (χ2n) is 10.7. The Morgan fingerprint density at radius 1 is 1.10 bits per heavy atom. The zero-order valence-corrected chi connectivity index (χ0v) is 22.3. The van der Waals surface area contributed by atoms with Crippen molar-refractivity contribution < 1.29 is 32.3 Å². The summed E-state index contributed by atoms with van der Waals surface area (Å²) < 4.78 is 45.4. The number of nitrogens with one attached hydrogen (secondary N) is 1. The van der Waals surface area contributed by atoms with Crippen molar-refractivity contribution in [2.75, 3.05) is 13.1 Å². The van der Waals surface area contributed by atoms with Crippen LogP contribution in [0.15, 0.2) is 36.5 Å². The molecule has 0 spiro atoms. The maximum absolute atomic E-state index is 13.4. The van der Waals surface area contributed by atoms with Crippen LogP contribution in [0, 0.1) is 0 Å². The minimum absolute atomic E-state index is 0.00952. The van der Waals surface area contributed by atoms with Gasteiger partial charge in [0.1, 0.15) is 17.3 Å². The maximum atomic E-state index is 13.4. The second kappa shape index (κ2) is 10.4. The van der Waals surface area contributed by atoms with E-state index in [0.717, 1.165) is 38.4 Å². The van der Waals surface area contributed by atoms with Gasteiger partial charge in [-0.2, -0.15) is 13.2 Å². The molecule has 12 heteroatoms. The van der Waals surface area contributed by atoms with Crippen molar-refractivity contribution in [1.82, 2.24) is 25.1 Å². The van der Waals surface area contributed by atoms with Crippen LogP contribution in [0.1, 0.15) is 54.1 Å². The van der Waals surface area contributed by atoms with E-state index in [9.17, 15) is 27.6 Å². The van der Waals surface area contributed by atoms with Crippen LogP contribution in [0.25, 0.3) is 22.3 Å². The first-order valence-corrected chi connectivity index (χ1v) is 13.6. The summed E-state index contributed by atoms with van der Waals surface area (Å²) in [5.74, 6) is -1.14. The van der Waals surface area contributed by atoms with E-state index in [1.165, 1.54) is 17.2 Å². The monoisotopic (exact) mass is 567 g/mol. The molecule has 0 aliphatic carbocycles. The third-order valence-corrected chi connectivity index (χ3v) is 7.91. The molecule has 0 radical (unpaired) electrons. The van der Waals surface area contributed by atoms with E-state index in [2.05, 4.69) is 15.2 Å². The number of likely N-dealkylation sites (tertiary alicyclic amines) is 1. The Labute approximate surface area is 233 Å². The average Bonchev–Trinajstić information content (AvgIpc) is 3.56. The molecule has 1 aromatic carbocycles. The number of imide groups is 1. The van der Waals surface area contributed by atoms with Crippen LogP contribution < -0.4 is 10.1 Å². The molecule has 214 valence electrons. The molecule has 1 N–H and O–H groups in total. The largest absolute Gasteiger partial charge is 0.479 e. The number of carbonyl (C=O) groups is 3. The fourth-order valence-corrected chi connectivity index (χ4v) is 5.70. The number of hydrogen-bond donors (Lipinski definition) is 1. The lowest BCUT2D eigenvalue weighted by Crippen LogP contribution is -2.52. The first-order valence-electron chi connectivity index (χ1n) is 13.6. The number of fused-ring (bicyclic) bond motifs is 2. The number of halogens is 3. The van der Waals surface area contributed by atoms with Gasteiger partial charge in [-0.15, -0.1) is 0 Å². The predicted octanol–water partition coefficient (Wildman–Crippen LogP) is 3.98. The number of ether oxygens (including phenoxy) is 1. The van der Waals surface area contributed by atoms with Crippen LogP contribution in [-0.4, -0.2) is 68.9 Å². The van der Waals surface area contributed by atoms with Crippen LogP contribution in [0.5, 0.6) is 5.75 Å². The lowest BCUT2D eigenvalue weighted by atomic mass is 10.0. The van der Waals surface area contributed by atoms with Gasteiger partial charge in [0.15, 0.2) is 6.10 Å². The van der Waals surface area contributed by atoms with E-state index in [-0.39, 0.29) is 42.5 Å². The fraction of sp³-hybridized carbons (Fsp3) is 0.414. The molecule has 3 aliphatic heterocycles. The fourth-order valence-electron chi connectivity index (χ4n) is 5.70. The molecule has 3 aromatic rings. The normalized spacial score (nSPS) is 20.4. The van der Waals surface area contributed by atoms with E-state index < -0.39 is 24.2 Å². The molecular weight excluding hydrogens is 539 g/mol. The van der Waals surface area contributed by atoms with E-state index in [4.69, 9.17) is 9.72 Å². The Balaban J connectivity index is 1.38. The number of aromatic nitrogens is 2. The highest BCUT2D eigenvalue weighted by molar-refractivity contribution is 6.05. The van der Waals surface area contributed by atoms with Crippen molar-refractivity contribution >= 4 is 28.8 Å². The smallest absolute Gasteiger partial charge is 0.425 e. The van der Waals surface area contributed by atoms with Crippen LogP contribution >= 0.6 is 0 Å². The molecule has 6 rings (SSSR count). The predicted molar refractivity (Wildman–Crippen MR) is 142 cm³/mol. The van der Waals surface area contributed by atoms with Gasteiger partial charge in [-0.25, -0.2) is 4.98 Å². The number of piperidine rings is 1. The maximum Gasteiger partial charge on any atom is 0.425 e. The zero-order valence-electron chi connectivity index (χ0n) is 22.3. The van der Waals surface area contributed by atoms with E-state index in [1.807, 2.05) is 12.1 Å². The van der Waals surface area contributed by atoms with Gasteiger partial charge in [0.25, 0.3) is 5.91 Å². The van der Waals surface area contributed by atoms with Crippen LogP contribution in [0.4, 0.5) is 13.2 Å². The second-order valence-corrected chi connectivity index (χ2v) is 10.7. The molecule has 2 saturated heterocycles. The van der Waals surface area contributed by atoms with Crippen LogP contribution in [-0.2, 0) is 22.7 Å². The number of hydrogen-bond acceptors (Lipinski definition) is 7. The van der Waals surface area contributed by atoms with Crippen molar-refractivity contribution in [2.24, 2.45) is 0 Å². The third-order valence-electron chi connectivity index (χ3n) is 7.91. The van der Waals surface area contributed by atoms with Crippen LogP contribution in [0.2, 0.25) is 0 Å². The van der Waals surface area contributed by atoms with Gasteiger partial charge in [0.05, 0.1) is 11.2 Å². The summed E-state index contributed by atoms with van der Waals surface area (Å²) >= 11 is 0. The van der Waals surface area contributed by atoms with E-state index in [0.29, 0.717) is 34.4 Å². The molecular formula is C29H28F3N5O4. The summed E-state index contributed by atoms with van der Waals surface area (Å²) in [6.07, 6.45) is -2.59. The number of nitrogens with zero attached hydrogens (tertiary/aromatic N) is 4. The van der Waals surface area contributed by atoms with Crippen molar-refractivity contribution in [3.63, 3.8) is 0 Å². The highest BCUT2D eigenvalue weighted by Crippen LogP contribution is 2.35. The van der Waals surface area contributed by atoms with Crippen LogP contribution in [0.3, 0.4) is 0 Å². The third kappa shape index (κ3) is 5.23. The van der Waals surface area contributed by atoms with Gasteiger partial charge in [0.2, 0.25) is 11.8 Å². The Kier molecular flexibility index (Phi) is 6.88. The number of alkyl halides is 3. The first-order chi connectivity index (χ1) is 19.6. The van der Waals surface area contributed by atoms with Crippen molar-refractivity contribution in [3.05, 3.63) is 53.2 Å². The lowest BCUT2D eigenvalue weighted by Gasteiger charge is -2.29. The molecule has 0 saturated carbocycles. The molecule has 0 bridgehead atoms. The average molecular weight is 568 g/mol. The molecule has 2 unspecified atom stereocenters. The standard InChI is InChI=1S/C29H28F3N5O4/c1-16(29(30,31)32)41-23-8-9-33-25-19(14-36-10-2-3-11-36)13-21(34-26(23)25)17-4-5-20-18(12-17)15-37(28(20)40)22-6-7-24(38)35-27(22)39/h4-5,8-9,12-13,16,22H,2-3,6-7,10-11,14-15H2,1H3,(H,35,38,39). The minimum atomic E-state index is -4.55. The van der Waals surface area contributed by atoms with Crippen molar-refractivity contribution in [3.8, 4) is 17.0 Å². The Morgan fingerprint density at radius 2 is 1.88 bits per heavy atom. The number of amides is 3. The topological polar surface area (TPSA) is 105 Å². The number of pyridine rings is 2. The summed E-state index contributed by atoms with van der Waals surface area (Å²) in [5.41, 5.74) is 3.88. The van der Waals surface area contributed by atoms with Gasteiger partial charge in [-0.1, -0.05) is 6.07 Å². The number of carbonyl (C=O) groups excluding carboxylic acids is 3. The van der Waals surface area contributed by atoms with Gasteiger partial charge in [-0.05, 0) is 68.6 Å². The van der Waals surface area contributed by atoms with Crippen molar-refractivity contribution in [1.29, 1.82) is 0 Å².